The standard InChI is InChI=1S/C26H26N2O3S/c1-16-10-12-23(17(2)14-16)28-32(30,31)18-11-13-24-22(15-18)19-7-5-8-20(19)26(27-24)21-6-3-4-9-25(21)29/h3-7,9-15,19-20,26-29H,8H2,1-2H3. The van der Waals surface area contributed by atoms with E-state index in [1.165, 1.54) is 0 Å². The van der Waals surface area contributed by atoms with Gasteiger partial charge in [0.25, 0.3) is 10.0 Å². The Morgan fingerprint density at radius 2 is 1.81 bits per heavy atom. The first kappa shape index (κ1) is 20.6. The van der Waals surface area contributed by atoms with Gasteiger partial charge in [-0.1, -0.05) is 48.0 Å². The number of aromatic hydroxyl groups is 1. The number of anilines is 2. The van der Waals surface area contributed by atoms with Gasteiger partial charge in [0.1, 0.15) is 5.75 Å². The van der Waals surface area contributed by atoms with E-state index in [2.05, 4.69) is 22.2 Å². The molecule has 6 heteroatoms. The van der Waals surface area contributed by atoms with Crippen LogP contribution in [-0.4, -0.2) is 13.5 Å². The van der Waals surface area contributed by atoms with Crippen molar-refractivity contribution in [1.29, 1.82) is 0 Å². The Bertz CT molecular complexity index is 1330. The Balaban J connectivity index is 1.50. The molecule has 0 saturated carbocycles. The van der Waals surface area contributed by atoms with Crippen molar-refractivity contribution in [3.05, 3.63) is 95.1 Å². The van der Waals surface area contributed by atoms with E-state index in [1.54, 1.807) is 24.3 Å². The Morgan fingerprint density at radius 3 is 2.59 bits per heavy atom. The van der Waals surface area contributed by atoms with Crippen LogP contribution >= 0.6 is 0 Å². The minimum atomic E-state index is -3.73. The molecule has 3 aromatic rings. The van der Waals surface area contributed by atoms with Gasteiger partial charge in [-0.2, -0.15) is 0 Å². The maximum atomic E-state index is 13.2. The van der Waals surface area contributed by atoms with Crippen molar-refractivity contribution in [3.63, 3.8) is 0 Å². The van der Waals surface area contributed by atoms with Gasteiger partial charge in [-0.05, 0) is 67.6 Å². The van der Waals surface area contributed by atoms with Crippen LogP contribution in [0.5, 0.6) is 5.75 Å². The summed E-state index contributed by atoms with van der Waals surface area (Å²) in [7, 11) is -3.73. The monoisotopic (exact) mass is 446 g/mol. The molecule has 5 rings (SSSR count). The van der Waals surface area contributed by atoms with Crippen molar-refractivity contribution in [2.24, 2.45) is 5.92 Å². The fraction of sp³-hybridized carbons (Fsp3) is 0.231. The summed E-state index contributed by atoms with van der Waals surface area (Å²) in [4.78, 5) is 0.248. The Labute approximate surface area is 188 Å². The maximum Gasteiger partial charge on any atom is 0.261 e. The molecule has 0 aromatic heterocycles. The zero-order chi connectivity index (χ0) is 22.5. The number of nitrogens with one attached hydrogen (secondary N) is 2. The zero-order valence-electron chi connectivity index (χ0n) is 18.0. The predicted molar refractivity (Wildman–Crippen MR) is 128 cm³/mol. The smallest absolute Gasteiger partial charge is 0.261 e. The first-order chi connectivity index (χ1) is 15.3. The van der Waals surface area contributed by atoms with Crippen LogP contribution in [0.1, 0.15) is 40.6 Å². The Morgan fingerprint density at radius 1 is 1.00 bits per heavy atom. The minimum Gasteiger partial charge on any atom is -0.508 e. The van der Waals surface area contributed by atoms with E-state index >= 15 is 0 Å². The molecule has 0 saturated heterocycles. The number of benzene rings is 3. The minimum absolute atomic E-state index is 0.0421. The molecule has 2 aliphatic rings. The van der Waals surface area contributed by atoms with Crippen molar-refractivity contribution in [2.45, 2.75) is 37.1 Å². The van der Waals surface area contributed by atoms with Crippen LogP contribution in [0.25, 0.3) is 0 Å². The van der Waals surface area contributed by atoms with Crippen molar-refractivity contribution < 1.29 is 13.5 Å². The number of para-hydroxylation sites is 1. The van der Waals surface area contributed by atoms with E-state index in [1.807, 2.05) is 50.2 Å². The number of hydrogen-bond acceptors (Lipinski definition) is 4. The quantitative estimate of drug-likeness (QED) is 0.454. The van der Waals surface area contributed by atoms with Crippen LogP contribution in [-0.2, 0) is 10.0 Å². The third kappa shape index (κ3) is 3.54. The topological polar surface area (TPSA) is 78.4 Å². The van der Waals surface area contributed by atoms with Crippen LogP contribution in [0.2, 0.25) is 0 Å². The molecule has 0 amide bonds. The molecule has 32 heavy (non-hydrogen) atoms. The number of phenolic OH excluding ortho intramolecular Hbond substituents is 1. The lowest BCUT2D eigenvalue weighted by Crippen LogP contribution is -2.29. The molecule has 3 unspecified atom stereocenters. The summed E-state index contributed by atoms with van der Waals surface area (Å²) < 4.78 is 29.1. The largest absolute Gasteiger partial charge is 0.508 e. The Kier molecular flexibility index (Phi) is 4.97. The molecule has 5 nitrogen and oxygen atoms in total. The van der Waals surface area contributed by atoms with Crippen molar-refractivity contribution in [1.82, 2.24) is 0 Å². The average molecular weight is 447 g/mol. The highest BCUT2D eigenvalue weighted by atomic mass is 32.2. The van der Waals surface area contributed by atoms with Gasteiger partial charge in [-0.15, -0.1) is 0 Å². The molecule has 1 heterocycles. The molecule has 0 fully saturated rings. The van der Waals surface area contributed by atoms with E-state index in [4.69, 9.17) is 0 Å². The number of fused-ring (bicyclic) bond motifs is 3. The lowest BCUT2D eigenvalue weighted by molar-refractivity contribution is 0.402. The third-order valence-corrected chi connectivity index (χ3v) is 7.91. The van der Waals surface area contributed by atoms with Crippen molar-refractivity contribution >= 4 is 21.4 Å². The fourth-order valence-electron chi connectivity index (χ4n) is 4.93. The molecule has 3 atom stereocenters. The molecule has 0 bridgehead atoms. The molecule has 1 aliphatic heterocycles. The van der Waals surface area contributed by atoms with Gasteiger partial charge in [0.05, 0.1) is 16.6 Å². The fourth-order valence-corrected chi connectivity index (χ4v) is 6.10. The number of phenols is 1. The number of allylic oxidation sites excluding steroid dienone is 2. The summed E-state index contributed by atoms with van der Waals surface area (Å²) in [6.07, 6.45) is 5.17. The second kappa shape index (κ2) is 7.71. The van der Waals surface area contributed by atoms with E-state index < -0.39 is 10.0 Å². The molecular formula is C26H26N2O3S. The number of aryl methyl sites for hydroxylation is 2. The first-order valence-corrected chi connectivity index (χ1v) is 12.3. The first-order valence-electron chi connectivity index (χ1n) is 10.8. The Hall–Kier alpha value is -3.25. The van der Waals surface area contributed by atoms with Crippen molar-refractivity contribution in [2.75, 3.05) is 10.0 Å². The van der Waals surface area contributed by atoms with Crippen molar-refractivity contribution in [3.8, 4) is 5.75 Å². The van der Waals surface area contributed by atoms with E-state index in [9.17, 15) is 13.5 Å². The van der Waals surface area contributed by atoms with Gasteiger partial charge in [0.2, 0.25) is 0 Å². The SMILES string of the molecule is Cc1ccc(NS(=O)(=O)c2ccc3c(c2)C2C=CCC2C(c2ccccc2O)N3)c(C)c1. The summed E-state index contributed by atoms with van der Waals surface area (Å²) in [5, 5.41) is 14.0. The van der Waals surface area contributed by atoms with Gasteiger partial charge in [0.15, 0.2) is 0 Å². The molecule has 1 aliphatic carbocycles. The van der Waals surface area contributed by atoms with Gasteiger partial charge >= 0.3 is 0 Å². The van der Waals surface area contributed by atoms with E-state index in [0.717, 1.165) is 34.4 Å². The third-order valence-electron chi connectivity index (χ3n) is 6.54. The molecule has 3 aromatic carbocycles. The van der Waals surface area contributed by atoms with Crippen LogP contribution in [0.3, 0.4) is 0 Å². The number of rotatable bonds is 4. The second-order valence-corrected chi connectivity index (χ2v) is 10.4. The second-order valence-electron chi connectivity index (χ2n) is 8.71. The molecule has 3 N–H and O–H groups in total. The average Bonchev–Trinajstić information content (AvgIpc) is 3.26. The zero-order valence-corrected chi connectivity index (χ0v) is 18.9. The van der Waals surface area contributed by atoms with Crippen LogP contribution in [0, 0.1) is 19.8 Å². The highest BCUT2D eigenvalue weighted by Crippen LogP contribution is 2.51. The molecule has 0 spiro atoms. The van der Waals surface area contributed by atoms with Gasteiger partial charge in [-0.3, -0.25) is 4.72 Å². The van der Waals surface area contributed by atoms with Crippen LogP contribution in [0.15, 0.2) is 77.7 Å². The maximum absolute atomic E-state index is 13.2. The molecule has 164 valence electrons. The van der Waals surface area contributed by atoms with Crippen LogP contribution < -0.4 is 10.0 Å². The molecule has 0 radical (unpaired) electrons. The number of sulfonamides is 1. The summed E-state index contributed by atoms with van der Waals surface area (Å²) >= 11 is 0. The summed E-state index contributed by atoms with van der Waals surface area (Å²) in [6, 6.07) is 18.3. The number of hydrogen-bond donors (Lipinski definition) is 3. The predicted octanol–water partition coefficient (Wildman–Crippen LogP) is 5.64. The highest BCUT2D eigenvalue weighted by molar-refractivity contribution is 7.92. The summed E-state index contributed by atoms with van der Waals surface area (Å²) in [5.74, 6) is 0.573. The lowest BCUT2D eigenvalue weighted by atomic mass is 9.77. The van der Waals surface area contributed by atoms with Gasteiger partial charge in [0, 0.05) is 17.2 Å². The highest BCUT2D eigenvalue weighted by Gasteiger charge is 2.39. The van der Waals surface area contributed by atoms with Gasteiger partial charge < -0.3 is 10.4 Å². The normalized spacial score (nSPS) is 21.5. The molecular weight excluding hydrogens is 420 g/mol. The van der Waals surface area contributed by atoms with Gasteiger partial charge in [-0.25, -0.2) is 8.42 Å². The van der Waals surface area contributed by atoms with E-state index in [-0.39, 0.29) is 28.5 Å². The summed E-state index contributed by atoms with van der Waals surface area (Å²) in [6.45, 7) is 3.88. The lowest BCUT2D eigenvalue weighted by Gasteiger charge is -2.38. The van der Waals surface area contributed by atoms with E-state index in [0.29, 0.717) is 5.69 Å². The van der Waals surface area contributed by atoms with Crippen LogP contribution in [0.4, 0.5) is 11.4 Å². The summed E-state index contributed by atoms with van der Waals surface area (Å²) in [5.41, 5.74) is 5.30.